The van der Waals surface area contributed by atoms with Gasteiger partial charge in [-0.1, -0.05) is 79.7 Å². The number of carboxylic acids is 1. The highest BCUT2D eigenvalue weighted by Crippen LogP contribution is 2.32. The minimum absolute atomic E-state index is 0. The number of benzene rings is 4. The minimum Gasteiger partial charge on any atom is -0.478 e. The molecule has 0 saturated carbocycles. The Morgan fingerprint density at radius 3 is 2.23 bits per heavy atom. The number of carboxylic acid groups (broad SMARTS) is 1. The Morgan fingerprint density at radius 2 is 1.53 bits per heavy atom. The molecule has 6 rings (SSSR count). The van der Waals surface area contributed by atoms with Crippen LogP contribution in [0.15, 0.2) is 91.0 Å². The quantitative estimate of drug-likeness (QED) is 0.207. The Labute approximate surface area is 251 Å². The third-order valence-electron chi connectivity index (χ3n) is 8.05. The smallest absolute Gasteiger partial charge is 0.336 e. The van der Waals surface area contributed by atoms with Crippen molar-refractivity contribution in [3.05, 3.63) is 119 Å². The molecule has 7 nitrogen and oxygen atoms in total. The lowest BCUT2D eigenvalue weighted by Gasteiger charge is -2.12. The molecule has 218 valence electrons. The van der Waals surface area contributed by atoms with Crippen LogP contribution in [0.1, 0.15) is 46.3 Å². The Balaban J connectivity index is 0.00000368. The van der Waals surface area contributed by atoms with Crippen LogP contribution in [0.2, 0.25) is 0 Å². The maximum absolute atomic E-state index is 11.8. The molecule has 0 spiro atoms. The summed E-state index contributed by atoms with van der Waals surface area (Å²) < 4.78 is 4.49. The van der Waals surface area contributed by atoms with E-state index in [1.54, 1.807) is 12.1 Å². The molecule has 0 saturated heterocycles. The molecule has 0 aliphatic carbocycles. The van der Waals surface area contributed by atoms with Gasteiger partial charge in [0.1, 0.15) is 11.6 Å². The van der Waals surface area contributed by atoms with E-state index in [4.69, 9.17) is 9.97 Å². The molecule has 3 N–H and O–H groups in total. The number of aryl methyl sites for hydroxylation is 2. The molecule has 0 fully saturated rings. The zero-order chi connectivity index (χ0) is 29.4. The molecule has 43 heavy (non-hydrogen) atoms. The first-order valence-electron chi connectivity index (χ1n) is 14.4. The van der Waals surface area contributed by atoms with Crippen LogP contribution >= 0.6 is 0 Å². The number of hydrogen-bond donors (Lipinski definition) is 1. The van der Waals surface area contributed by atoms with E-state index in [9.17, 15) is 9.90 Å². The molecule has 0 radical (unpaired) electrons. The molecule has 0 aliphatic heterocycles. The second-order valence-electron chi connectivity index (χ2n) is 10.9. The number of aromatic nitrogens is 4. The highest BCUT2D eigenvalue weighted by atomic mass is 16.4. The van der Waals surface area contributed by atoms with Crippen molar-refractivity contribution in [2.24, 2.45) is 7.05 Å². The third-order valence-corrected chi connectivity index (χ3v) is 8.05. The van der Waals surface area contributed by atoms with Crippen LogP contribution in [0.25, 0.3) is 44.8 Å². The number of hydrogen-bond acceptors (Lipinski definition) is 3. The third kappa shape index (κ3) is 5.47. The summed E-state index contributed by atoms with van der Waals surface area (Å²) in [7, 11) is 2.08. The molecule has 0 bridgehead atoms. The molecule has 2 aromatic heterocycles. The Bertz CT molecular complexity index is 1920. The van der Waals surface area contributed by atoms with Crippen LogP contribution in [0.5, 0.6) is 0 Å². The van der Waals surface area contributed by atoms with Crippen molar-refractivity contribution in [2.75, 3.05) is 0 Å². The molecule has 7 heteroatoms. The van der Waals surface area contributed by atoms with Crippen LogP contribution in [-0.4, -0.2) is 35.7 Å². The van der Waals surface area contributed by atoms with Crippen molar-refractivity contribution in [3.8, 4) is 33.8 Å². The van der Waals surface area contributed by atoms with Gasteiger partial charge in [0.25, 0.3) is 0 Å². The van der Waals surface area contributed by atoms with Crippen molar-refractivity contribution < 1.29 is 15.4 Å². The summed E-state index contributed by atoms with van der Waals surface area (Å²) in [5.41, 5.74) is 10.6. The summed E-state index contributed by atoms with van der Waals surface area (Å²) in [6.45, 7) is 7.09. The summed E-state index contributed by atoms with van der Waals surface area (Å²) in [6, 6.07) is 30.1. The van der Waals surface area contributed by atoms with Gasteiger partial charge in [-0.05, 0) is 60.7 Å². The summed E-state index contributed by atoms with van der Waals surface area (Å²) >= 11 is 0. The number of nitrogens with zero attached hydrogens (tertiary/aromatic N) is 4. The number of aromatic carboxylic acids is 1. The van der Waals surface area contributed by atoms with Gasteiger partial charge in [0, 0.05) is 36.8 Å². The lowest BCUT2D eigenvalue weighted by molar-refractivity contribution is 0.0697. The second-order valence-corrected chi connectivity index (χ2v) is 10.9. The second kappa shape index (κ2) is 12.1. The first kappa shape index (κ1) is 29.5. The number of imidazole rings is 2. The van der Waals surface area contributed by atoms with Gasteiger partial charge < -0.3 is 19.7 Å². The van der Waals surface area contributed by atoms with E-state index in [0.717, 1.165) is 80.3 Å². The fourth-order valence-electron chi connectivity index (χ4n) is 5.76. The van der Waals surface area contributed by atoms with Crippen molar-refractivity contribution in [1.29, 1.82) is 0 Å². The van der Waals surface area contributed by atoms with Crippen LogP contribution in [0.3, 0.4) is 0 Å². The summed E-state index contributed by atoms with van der Waals surface area (Å²) in [4.78, 5) is 21.9. The van der Waals surface area contributed by atoms with Crippen LogP contribution in [0, 0.1) is 13.8 Å². The number of rotatable bonds is 8. The Kier molecular flexibility index (Phi) is 8.28. The highest BCUT2D eigenvalue weighted by molar-refractivity contribution is 5.96. The van der Waals surface area contributed by atoms with E-state index in [2.05, 4.69) is 73.4 Å². The summed E-state index contributed by atoms with van der Waals surface area (Å²) in [5, 5.41) is 9.64. The van der Waals surface area contributed by atoms with E-state index in [-0.39, 0.29) is 5.48 Å². The van der Waals surface area contributed by atoms with E-state index < -0.39 is 5.97 Å². The molecule has 2 heterocycles. The van der Waals surface area contributed by atoms with Crippen LogP contribution in [-0.2, 0) is 20.0 Å². The maximum atomic E-state index is 11.8. The molecule has 6 aromatic rings. The van der Waals surface area contributed by atoms with Gasteiger partial charge in [-0.2, -0.15) is 0 Å². The first-order valence-corrected chi connectivity index (χ1v) is 14.4. The predicted octanol–water partition coefficient (Wildman–Crippen LogP) is 7.26. The van der Waals surface area contributed by atoms with Crippen molar-refractivity contribution in [2.45, 2.75) is 40.2 Å². The standard InChI is InChI=1S/C36H34N4O2.H2O/c1-5-11-32-37-33-23(2)20-28(35-38-34(24(3)39(35)4)27-12-7-6-8-13-27)21-31(33)40(32)22-25-16-18-26(19-17-25)29-14-9-10-15-30(29)36(41)42;/h6-10,12-21H,5,11,22H2,1-4H3,(H,41,42);1H2. The van der Waals surface area contributed by atoms with Crippen LogP contribution < -0.4 is 0 Å². The van der Waals surface area contributed by atoms with E-state index in [1.807, 2.05) is 42.5 Å². The molecule has 0 unspecified atom stereocenters. The van der Waals surface area contributed by atoms with Crippen molar-refractivity contribution in [1.82, 2.24) is 19.1 Å². The van der Waals surface area contributed by atoms with Gasteiger partial charge in [0.05, 0.1) is 22.3 Å². The molecular weight excluding hydrogens is 536 g/mol. The predicted molar refractivity (Wildman–Crippen MR) is 172 cm³/mol. The normalized spacial score (nSPS) is 11.1. The summed E-state index contributed by atoms with van der Waals surface area (Å²) in [5.74, 6) is 1.07. The molecule has 0 amide bonds. The molecular formula is C36H36N4O3. The average Bonchev–Trinajstić information content (AvgIpc) is 3.50. The first-order chi connectivity index (χ1) is 20.4. The largest absolute Gasteiger partial charge is 0.478 e. The molecule has 0 aliphatic rings. The fraction of sp³-hybridized carbons (Fsp3) is 0.194. The minimum atomic E-state index is -0.922. The van der Waals surface area contributed by atoms with Crippen molar-refractivity contribution >= 4 is 17.0 Å². The SMILES string of the molecule is CCCc1nc2c(C)cc(-c3nc(-c4ccccc4)c(C)n3C)cc2n1Cc1ccc(-c2ccccc2C(=O)O)cc1.O. The molecule has 0 atom stereocenters. The van der Waals surface area contributed by atoms with Crippen molar-refractivity contribution in [3.63, 3.8) is 0 Å². The lowest BCUT2D eigenvalue weighted by Crippen LogP contribution is -2.05. The monoisotopic (exact) mass is 572 g/mol. The van der Waals surface area contributed by atoms with Gasteiger partial charge in [-0.15, -0.1) is 0 Å². The van der Waals surface area contributed by atoms with E-state index in [1.165, 1.54) is 0 Å². The zero-order valence-electron chi connectivity index (χ0n) is 24.9. The maximum Gasteiger partial charge on any atom is 0.336 e. The van der Waals surface area contributed by atoms with E-state index in [0.29, 0.717) is 12.1 Å². The fourth-order valence-corrected chi connectivity index (χ4v) is 5.76. The lowest BCUT2D eigenvalue weighted by atomic mass is 9.98. The van der Waals surface area contributed by atoms with Crippen LogP contribution in [0.4, 0.5) is 0 Å². The topological polar surface area (TPSA) is 104 Å². The number of carbonyl (C=O) groups is 1. The summed E-state index contributed by atoms with van der Waals surface area (Å²) in [6.07, 6.45) is 1.88. The average molecular weight is 573 g/mol. The van der Waals surface area contributed by atoms with Gasteiger partial charge in [-0.25, -0.2) is 14.8 Å². The Hall–Kier alpha value is -5.01. The van der Waals surface area contributed by atoms with Gasteiger partial charge in [-0.3, -0.25) is 0 Å². The number of fused-ring (bicyclic) bond motifs is 1. The molecule has 4 aromatic carbocycles. The zero-order valence-corrected chi connectivity index (χ0v) is 24.9. The van der Waals surface area contributed by atoms with Gasteiger partial charge in [0.2, 0.25) is 0 Å². The Morgan fingerprint density at radius 1 is 0.837 bits per heavy atom. The highest BCUT2D eigenvalue weighted by Gasteiger charge is 2.19. The van der Waals surface area contributed by atoms with Gasteiger partial charge in [0.15, 0.2) is 0 Å². The van der Waals surface area contributed by atoms with E-state index >= 15 is 0 Å². The van der Waals surface area contributed by atoms with Gasteiger partial charge >= 0.3 is 5.97 Å².